The Balaban J connectivity index is 0.00000225. The molecule has 0 aliphatic rings. The maximum absolute atomic E-state index is 9.95. The summed E-state index contributed by atoms with van der Waals surface area (Å²) in [5.74, 6) is 0.306. The van der Waals surface area contributed by atoms with Crippen LogP contribution < -0.4 is 5.73 Å². The van der Waals surface area contributed by atoms with Crippen LogP contribution in [0, 0.1) is 12.3 Å². The molecule has 0 unspecified atom stereocenters. The van der Waals surface area contributed by atoms with Crippen molar-refractivity contribution in [1.29, 1.82) is 0 Å². The molecule has 0 aliphatic heterocycles. The first-order valence-corrected chi connectivity index (χ1v) is 5.77. The molecular weight excluding hydrogens is 289 g/mol. The van der Waals surface area contributed by atoms with Gasteiger partial charge in [0.1, 0.15) is 5.75 Å². The molecule has 1 aromatic rings. The summed E-state index contributed by atoms with van der Waals surface area (Å²) in [6, 6.07) is 3.60. The van der Waals surface area contributed by atoms with Crippen LogP contribution in [0.2, 0.25) is 0 Å². The smallest absolute Gasteiger partial charge is 0.123 e. The largest absolute Gasteiger partial charge is 0.507 e. The Kier molecular flexibility index (Phi) is 5.30. The van der Waals surface area contributed by atoms with E-state index < -0.39 is 0 Å². The fraction of sp³-hybridized carbons (Fsp3) is 0.500. The van der Waals surface area contributed by atoms with E-state index >= 15 is 0 Å². The highest BCUT2D eigenvalue weighted by molar-refractivity contribution is 9.10. The van der Waals surface area contributed by atoms with Gasteiger partial charge in [0.05, 0.1) is 0 Å². The SMILES string of the molecule is Cc1cc(Br)cc([C@@H](N)C(C)(C)C)c1O.Cl. The summed E-state index contributed by atoms with van der Waals surface area (Å²) in [7, 11) is 0. The standard InChI is InChI=1S/C12H18BrNO.ClH/c1-7-5-8(13)6-9(10(7)15)11(14)12(2,3)4;/h5-6,11,15H,14H2,1-4H3;1H/t11-;/m1./s1. The summed E-state index contributed by atoms with van der Waals surface area (Å²) in [6.45, 7) is 8.06. The fourth-order valence-corrected chi connectivity index (χ4v) is 2.06. The van der Waals surface area contributed by atoms with Crippen LogP contribution in [-0.2, 0) is 0 Å². The lowest BCUT2D eigenvalue weighted by atomic mass is 9.82. The van der Waals surface area contributed by atoms with Gasteiger partial charge in [-0.25, -0.2) is 0 Å². The maximum Gasteiger partial charge on any atom is 0.123 e. The van der Waals surface area contributed by atoms with Gasteiger partial charge < -0.3 is 10.8 Å². The molecule has 92 valence electrons. The van der Waals surface area contributed by atoms with Gasteiger partial charge in [-0.05, 0) is 30.0 Å². The molecule has 4 heteroatoms. The minimum atomic E-state index is -0.173. The lowest BCUT2D eigenvalue weighted by Gasteiger charge is -2.28. The Morgan fingerprint density at radius 2 is 1.81 bits per heavy atom. The molecule has 3 N–H and O–H groups in total. The molecule has 0 aromatic heterocycles. The van der Waals surface area contributed by atoms with Crippen molar-refractivity contribution in [2.45, 2.75) is 33.7 Å². The zero-order valence-corrected chi connectivity index (χ0v) is 12.4. The molecule has 0 saturated heterocycles. The van der Waals surface area contributed by atoms with Crippen LogP contribution in [0.25, 0.3) is 0 Å². The van der Waals surface area contributed by atoms with Gasteiger partial charge in [-0.3, -0.25) is 0 Å². The van der Waals surface area contributed by atoms with E-state index in [1.54, 1.807) is 0 Å². The summed E-state index contributed by atoms with van der Waals surface area (Å²) >= 11 is 3.42. The molecule has 1 aromatic carbocycles. The topological polar surface area (TPSA) is 46.2 Å². The van der Waals surface area contributed by atoms with E-state index in [9.17, 15) is 5.11 Å². The minimum Gasteiger partial charge on any atom is -0.507 e. The number of aromatic hydroxyl groups is 1. The van der Waals surface area contributed by atoms with E-state index in [2.05, 4.69) is 36.7 Å². The molecule has 0 saturated carbocycles. The number of benzene rings is 1. The molecule has 0 radical (unpaired) electrons. The Labute approximate surface area is 112 Å². The number of phenols is 1. The van der Waals surface area contributed by atoms with E-state index in [1.807, 2.05) is 19.1 Å². The van der Waals surface area contributed by atoms with Crippen molar-refractivity contribution in [2.75, 3.05) is 0 Å². The predicted octanol–water partition coefficient (Wildman–Crippen LogP) is 3.93. The van der Waals surface area contributed by atoms with E-state index in [0.717, 1.165) is 15.6 Å². The zero-order valence-electron chi connectivity index (χ0n) is 10.0. The third-order valence-corrected chi connectivity index (χ3v) is 3.02. The van der Waals surface area contributed by atoms with Crippen LogP contribution in [0.4, 0.5) is 0 Å². The Morgan fingerprint density at radius 1 is 1.31 bits per heavy atom. The molecule has 1 atom stereocenters. The monoisotopic (exact) mass is 307 g/mol. The van der Waals surface area contributed by atoms with Crippen LogP contribution in [0.1, 0.15) is 37.9 Å². The molecule has 1 rings (SSSR count). The van der Waals surface area contributed by atoms with Gasteiger partial charge in [-0.1, -0.05) is 36.7 Å². The summed E-state index contributed by atoms with van der Waals surface area (Å²) < 4.78 is 0.951. The van der Waals surface area contributed by atoms with Gasteiger partial charge in [0.15, 0.2) is 0 Å². The lowest BCUT2D eigenvalue weighted by Crippen LogP contribution is -2.26. The number of nitrogens with two attached hydrogens (primary N) is 1. The average Bonchev–Trinajstić information content (AvgIpc) is 2.08. The Hall–Kier alpha value is -0.250. The van der Waals surface area contributed by atoms with Crippen molar-refractivity contribution < 1.29 is 5.11 Å². The first-order chi connectivity index (χ1) is 6.73. The van der Waals surface area contributed by atoms with E-state index in [0.29, 0.717) is 5.75 Å². The Morgan fingerprint density at radius 3 is 2.25 bits per heavy atom. The van der Waals surface area contributed by atoms with Gasteiger partial charge >= 0.3 is 0 Å². The normalized spacial score (nSPS) is 13.1. The number of hydrogen-bond donors (Lipinski definition) is 2. The van der Waals surface area contributed by atoms with E-state index in [1.165, 1.54) is 0 Å². The highest BCUT2D eigenvalue weighted by Crippen LogP contribution is 2.38. The number of rotatable bonds is 1. The summed E-state index contributed by atoms with van der Waals surface area (Å²) in [4.78, 5) is 0. The quantitative estimate of drug-likeness (QED) is 0.825. The number of aryl methyl sites for hydroxylation is 1. The molecule has 0 spiro atoms. The van der Waals surface area contributed by atoms with Gasteiger partial charge in [-0.15, -0.1) is 12.4 Å². The van der Waals surface area contributed by atoms with Crippen molar-refractivity contribution in [3.05, 3.63) is 27.7 Å². The summed E-state index contributed by atoms with van der Waals surface area (Å²) in [5.41, 5.74) is 7.71. The Bertz CT molecular complexity index is 374. The van der Waals surface area contributed by atoms with Crippen LogP contribution in [0.3, 0.4) is 0 Å². The maximum atomic E-state index is 9.95. The second kappa shape index (κ2) is 5.39. The highest BCUT2D eigenvalue weighted by Gasteiger charge is 2.25. The third kappa shape index (κ3) is 3.37. The van der Waals surface area contributed by atoms with Gasteiger partial charge in [-0.2, -0.15) is 0 Å². The highest BCUT2D eigenvalue weighted by atomic mass is 79.9. The van der Waals surface area contributed by atoms with Crippen LogP contribution in [-0.4, -0.2) is 5.11 Å². The zero-order chi connectivity index (χ0) is 11.8. The van der Waals surface area contributed by atoms with Crippen LogP contribution in [0.5, 0.6) is 5.75 Å². The van der Waals surface area contributed by atoms with Crippen LogP contribution >= 0.6 is 28.3 Å². The molecule has 0 aliphatic carbocycles. The third-order valence-electron chi connectivity index (χ3n) is 2.56. The predicted molar refractivity (Wildman–Crippen MR) is 74.2 cm³/mol. The van der Waals surface area contributed by atoms with Gasteiger partial charge in [0.2, 0.25) is 0 Å². The van der Waals surface area contributed by atoms with E-state index in [4.69, 9.17) is 5.73 Å². The molecule has 0 bridgehead atoms. The number of halogens is 2. The molecular formula is C12H19BrClNO. The molecule has 0 amide bonds. The molecule has 16 heavy (non-hydrogen) atoms. The van der Waals surface area contributed by atoms with Crippen molar-refractivity contribution >= 4 is 28.3 Å². The van der Waals surface area contributed by atoms with E-state index in [-0.39, 0.29) is 23.9 Å². The van der Waals surface area contributed by atoms with Gasteiger partial charge in [0, 0.05) is 16.1 Å². The lowest BCUT2D eigenvalue weighted by molar-refractivity contribution is 0.317. The minimum absolute atomic E-state index is 0. The number of phenolic OH excluding ortho intramolecular Hbond substituents is 1. The average molecular weight is 309 g/mol. The van der Waals surface area contributed by atoms with Crippen molar-refractivity contribution in [3.63, 3.8) is 0 Å². The summed E-state index contributed by atoms with van der Waals surface area (Å²) in [6.07, 6.45) is 0. The number of hydrogen-bond acceptors (Lipinski definition) is 2. The van der Waals surface area contributed by atoms with Gasteiger partial charge in [0.25, 0.3) is 0 Å². The van der Waals surface area contributed by atoms with Crippen molar-refractivity contribution in [3.8, 4) is 5.75 Å². The molecule has 0 heterocycles. The molecule has 0 fully saturated rings. The first-order valence-electron chi connectivity index (χ1n) is 4.98. The van der Waals surface area contributed by atoms with Crippen molar-refractivity contribution in [2.24, 2.45) is 11.1 Å². The summed E-state index contributed by atoms with van der Waals surface area (Å²) in [5, 5.41) is 9.95. The second-order valence-corrected chi connectivity index (χ2v) is 5.92. The fourth-order valence-electron chi connectivity index (χ4n) is 1.47. The van der Waals surface area contributed by atoms with Crippen molar-refractivity contribution in [1.82, 2.24) is 0 Å². The second-order valence-electron chi connectivity index (χ2n) is 5.00. The first kappa shape index (κ1) is 15.8. The molecule has 2 nitrogen and oxygen atoms in total. The van der Waals surface area contributed by atoms with Crippen LogP contribution in [0.15, 0.2) is 16.6 Å².